The number of nitrogens with two attached hydrogens (primary N) is 1. The standard InChI is InChI=1S/C9H19N5O2/c1-7(8(10)12-16)13-3-5-14(6-4-13)9(15)11-2/h7,16H,3-6H2,1-2H3,(H2,10,12)(H,11,15). The number of piperazine rings is 1. The molecule has 4 N–H and O–H groups in total. The first-order chi connectivity index (χ1) is 7.60. The lowest BCUT2D eigenvalue weighted by atomic mass is 10.2. The van der Waals surface area contributed by atoms with Crippen LogP contribution in [0.3, 0.4) is 0 Å². The highest BCUT2D eigenvalue weighted by atomic mass is 16.4. The smallest absolute Gasteiger partial charge is 0.317 e. The molecule has 92 valence electrons. The first-order valence-electron chi connectivity index (χ1n) is 5.28. The van der Waals surface area contributed by atoms with Crippen LogP contribution in [0.1, 0.15) is 6.92 Å². The molecule has 7 nitrogen and oxygen atoms in total. The molecule has 1 unspecified atom stereocenters. The Kier molecular flexibility index (Phi) is 4.36. The van der Waals surface area contributed by atoms with Crippen LogP contribution in [0.25, 0.3) is 0 Å². The Hall–Kier alpha value is -1.50. The van der Waals surface area contributed by atoms with Gasteiger partial charge in [0.25, 0.3) is 0 Å². The molecular weight excluding hydrogens is 210 g/mol. The van der Waals surface area contributed by atoms with Crippen molar-refractivity contribution < 1.29 is 10.0 Å². The third kappa shape index (κ3) is 2.75. The molecule has 0 aromatic carbocycles. The fourth-order valence-electron chi connectivity index (χ4n) is 1.74. The highest BCUT2D eigenvalue weighted by molar-refractivity contribution is 5.84. The first kappa shape index (κ1) is 12.6. The molecule has 2 amide bonds. The van der Waals surface area contributed by atoms with Gasteiger partial charge in [-0.05, 0) is 6.92 Å². The van der Waals surface area contributed by atoms with E-state index < -0.39 is 0 Å². The Balaban J connectivity index is 2.46. The number of carbonyl (C=O) groups excluding carboxylic acids is 1. The fourth-order valence-corrected chi connectivity index (χ4v) is 1.74. The van der Waals surface area contributed by atoms with Gasteiger partial charge in [-0.3, -0.25) is 4.90 Å². The summed E-state index contributed by atoms with van der Waals surface area (Å²) < 4.78 is 0. The Morgan fingerprint density at radius 1 is 1.44 bits per heavy atom. The van der Waals surface area contributed by atoms with Crippen molar-refractivity contribution >= 4 is 11.9 Å². The minimum atomic E-state index is -0.100. The zero-order valence-electron chi connectivity index (χ0n) is 9.68. The van der Waals surface area contributed by atoms with E-state index in [1.165, 1.54) is 0 Å². The van der Waals surface area contributed by atoms with Gasteiger partial charge in [0.05, 0.1) is 6.04 Å². The van der Waals surface area contributed by atoms with Crippen LogP contribution in [0.15, 0.2) is 5.16 Å². The molecule has 0 aromatic rings. The lowest BCUT2D eigenvalue weighted by molar-refractivity contribution is 0.131. The van der Waals surface area contributed by atoms with Crippen LogP contribution >= 0.6 is 0 Å². The van der Waals surface area contributed by atoms with Crippen molar-refractivity contribution in [2.45, 2.75) is 13.0 Å². The summed E-state index contributed by atoms with van der Waals surface area (Å²) in [6, 6.07) is -0.159. The molecule has 1 rings (SSSR count). The predicted molar refractivity (Wildman–Crippen MR) is 60.5 cm³/mol. The number of oxime groups is 1. The van der Waals surface area contributed by atoms with Gasteiger partial charge < -0.3 is 21.2 Å². The van der Waals surface area contributed by atoms with Crippen LogP contribution in [-0.4, -0.2) is 66.1 Å². The average molecular weight is 229 g/mol. The summed E-state index contributed by atoms with van der Waals surface area (Å²) in [6.07, 6.45) is 0. The van der Waals surface area contributed by atoms with E-state index >= 15 is 0 Å². The Morgan fingerprint density at radius 2 is 2.00 bits per heavy atom. The van der Waals surface area contributed by atoms with E-state index in [9.17, 15) is 4.79 Å². The quantitative estimate of drug-likeness (QED) is 0.247. The molecule has 7 heteroatoms. The molecule has 1 heterocycles. The van der Waals surface area contributed by atoms with E-state index in [1.54, 1.807) is 11.9 Å². The lowest BCUT2D eigenvalue weighted by Crippen LogP contribution is -2.55. The number of carbonyl (C=O) groups is 1. The molecular formula is C9H19N5O2. The molecule has 1 saturated heterocycles. The van der Waals surface area contributed by atoms with Gasteiger partial charge in [-0.15, -0.1) is 0 Å². The van der Waals surface area contributed by atoms with Gasteiger partial charge in [-0.2, -0.15) is 0 Å². The highest BCUT2D eigenvalue weighted by Crippen LogP contribution is 2.06. The molecule has 16 heavy (non-hydrogen) atoms. The van der Waals surface area contributed by atoms with Crippen LogP contribution < -0.4 is 11.1 Å². The van der Waals surface area contributed by atoms with Gasteiger partial charge in [-0.25, -0.2) is 4.79 Å². The van der Waals surface area contributed by atoms with Gasteiger partial charge in [0, 0.05) is 33.2 Å². The monoisotopic (exact) mass is 229 g/mol. The van der Waals surface area contributed by atoms with Crippen LogP contribution in [-0.2, 0) is 0 Å². The van der Waals surface area contributed by atoms with E-state index in [4.69, 9.17) is 10.9 Å². The zero-order valence-corrected chi connectivity index (χ0v) is 9.68. The fraction of sp³-hybridized carbons (Fsp3) is 0.778. The SMILES string of the molecule is CNC(=O)N1CCN(C(C)C(N)=NO)CC1. The van der Waals surface area contributed by atoms with Crippen molar-refractivity contribution in [3.63, 3.8) is 0 Å². The highest BCUT2D eigenvalue weighted by Gasteiger charge is 2.25. The second kappa shape index (κ2) is 5.55. The topological polar surface area (TPSA) is 94.2 Å². The zero-order chi connectivity index (χ0) is 12.1. The minimum Gasteiger partial charge on any atom is -0.409 e. The van der Waals surface area contributed by atoms with E-state index in [0.717, 1.165) is 13.1 Å². The van der Waals surface area contributed by atoms with Gasteiger partial charge >= 0.3 is 6.03 Å². The van der Waals surface area contributed by atoms with E-state index in [0.29, 0.717) is 13.1 Å². The van der Waals surface area contributed by atoms with Crippen LogP contribution in [0.4, 0.5) is 4.79 Å². The molecule has 0 radical (unpaired) electrons. The summed E-state index contributed by atoms with van der Waals surface area (Å²) in [5.74, 6) is 0.202. The average Bonchev–Trinajstić information content (AvgIpc) is 2.36. The summed E-state index contributed by atoms with van der Waals surface area (Å²) in [5, 5.41) is 14.2. The number of amides is 2. The summed E-state index contributed by atoms with van der Waals surface area (Å²) in [6.45, 7) is 4.64. The van der Waals surface area contributed by atoms with Crippen LogP contribution in [0.2, 0.25) is 0 Å². The van der Waals surface area contributed by atoms with Gasteiger partial charge in [0.1, 0.15) is 0 Å². The van der Waals surface area contributed by atoms with Crippen molar-refractivity contribution in [1.29, 1.82) is 0 Å². The van der Waals surface area contributed by atoms with Gasteiger partial charge in [0.2, 0.25) is 0 Å². The number of hydrogen-bond acceptors (Lipinski definition) is 4. The molecule has 0 aliphatic carbocycles. The molecule has 1 atom stereocenters. The van der Waals surface area contributed by atoms with Crippen molar-refractivity contribution in [2.24, 2.45) is 10.9 Å². The molecule has 1 aliphatic heterocycles. The van der Waals surface area contributed by atoms with Crippen molar-refractivity contribution in [1.82, 2.24) is 15.1 Å². The maximum absolute atomic E-state index is 11.3. The Labute approximate surface area is 94.9 Å². The van der Waals surface area contributed by atoms with E-state index in [-0.39, 0.29) is 17.9 Å². The number of nitrogens with one attached hydrogen (secondary N) is 1. The predicted octanol–water partition coefficient (Wildman–Crippen LogP) is -0.922. The molecule has 0 saturated carbocycles. The number of urea groups is 1. The maximum Gasteiger partial charge on any atom is 0.317 e. The van der Waals surface area contributed by atoms with Gasteiger partial charge in [0.15, 0.2) is 5.84 Å². The third-order valence-electron chi connectivity index (χ3n) is 2.91. The van der Waals surface area contributed by atoms with E-state index in [1.807, 2.05) is 6.92 Å². The van der Waals surface area contributed by atoms with Gasteiger partial charge in [-0.1, -0.05) is 5.16 Å². The summed E-state index contributed by atoms with van der Waals surface area (Å²) in [7, 11) is 1.62. The molecule has 0 bridgehead atoms. The maximum atomic E-state index is 11.3. The summed E-state index contributed by atoms with van der Waals surface area (Å²) >= 11 is 0. The largest absolute Gasteiger partial charge is 0.409 e. The Morgan fingerprint density at radius 3 is 2.44 bits per heavy atom. The van der Waals surface area contributed by atoms with Crippen LogP contribution in [0, 0.1) is 0 Å². The van der Waals surface area contributed by atoms with E-state index in [2.05, 4.69) is 15.4 Å². The lowest BCUT2D eigenvalue weighted by Gasteiger charge is -2.37. The van der Waals surface area contributed by atoms with Crippen molar-refractivity contribution in [2.75, 3.05) is 33.2 Å². The number of rotatable bonds is 2. The molecule has 1 aliphatic rings. The normalized spacial score (nSPS) is 20.6. The number of hydrogen-bond donors (Lipinski definition) is 3. The summed E-state index contributed by atoms with van der Waals surface area (Å²) in [4.78, 5) is 15.2. The number of amidine groups is 1. The second-order valence-corrected chi connectivity index (χ2v) is 3.78. The third-order valence-corrected chi connectivity index (χ3v) is 2.91. The van der Waals surface area contributed by atoms with Crippen LogP contribution in [0.5, 0.6) is 0 Å². The minimum absolute atomic E-state index is 0.0592. The summed E-state index contributed by atoms with van der Waals surface area (Å²) in [5.41, 5.74) is 5.53. The number of nitrogens with zero attached hydrogens (tertiary/aromatic N) is 3. The molecule has 0 spiro atoms. The first-order valence-corrected chi connectivity index (χ1v) is 5.28. The molecule has 0 aromatic heterocycles. The molecule has 1 fully saturated rings. The van der Waals surface area contributed by atoms with Crippen molar-refractivity contribution in [3.8, 4) is 0 Å². The van der Waals surface area contributed by atoms with Crippen molar-refractivity contribution in [3.05, 3.63) is 0 Å². The second-order valence-electron chi connectivity index (χ2n) is 3.78. The Bertz CT molecular complexity index is 273.